The topological polar surface area (TPSA) is 39.7 Å². The predicted molar refractivity (Wildman–Crippen MR) is 95.3 cm³/mol. The number of para-hydroxylation sites is 1. The Labute approximate surface area is 143 Å². The summed E-state index contributed by atoms with van der Waals surface area (Å²) in [4.78, 5) is 0. The van der Waals surface area contributed by atoms with Crippen LogP contribution in [0.2, 0.25) is 0 Å². The van der Waals surface area contributed by atoms with Gasteiger partial charge in [-0.05, 0) is 60.7 Å². The highest BCUT2D eigenvalue weighted by atomic mass is 16.5. The molecule has 1 atom stereocenters. The van der Waals surface area contributed by atoms with E-state index in [0.29, 0.717) is 6.04 Å². The molecule has 0 spiro atoms. The van der Waals surface area contributed by atoms with E-state index in [1.54, 1.807) is 21.3 Å². The van der Waals surface area contributed by atoms with Crippen molar-refractivity contribution in [1.29, 1.82) is 0 Å². The van der Waals surface area contributed by atoms with Gasteiger partial charge in [0, 0.05) is 6.04 Å². The molecule has 128 valence electrons. The third-order valence-electron chi connectivity index (χ3n) is 4.70. The molecule has 0 saturated carbocycles. The number of nitrogens with one attached hydrogen (secondary N) is 1. The first kappa shape index (κ1) is 16.7. The van der Waals surface area contributed by atoms with Crippen LogP contribution in [0.15, 0.2) is 36.4 Å². The van der Waals surface area contributed by atoms with Gasteiger partial charge in [0.25, 0.3) is 0 Å². The van der Waals surface area contributed by atoms with Crippen LogP contribution in [-0.2, 0) is 12.8 Å². The van der Waals surface area contributed by atoms with E-state index in [9.17, 15) is 0 Å². The lowest BCUT2D eigenvalue weighted by molar-refractivity contribution is 0.351. The first-order valence-electron chi connectivity index (χ1n) is 8.37. The van der Waals surface area contributed by atoms with Gasteiger partial charge < -0.3 is 19.5 Å². The minimum atomic E-state index is 0.318. The number of aryl methyl sites for hydroxylation is 1. The van der Waals surface area contributed by atoms with Gasteiger partial charge in [-0.25, -0.2) is 0 Å². The Morgan fingerprint density at radius 1 is 0.958 bits per heavy atom. The maximum absolute atomic E-state index is 5.48. The van der Waals surface area contributed by atoms with E-state index in [0.717, 1.165) is 43.1 Å². The zero-order valence-corrected chi connectivity index (χ0v) is 14.6. The Balaban J connectivity index is 1.81. The van der Waals surface area contributed by atoms with E-state index in [1.165, 1.54) is 16.7 Å². The SMILES string of the molecule is COc1ccccc1CCC1NCCc2cc(OC)c(OC)cc21. The molecule has 0 fully saturated rings. The van der Waals surface area contributed by atoms with Gasteiger partial charge in [0.1, 0.15) is 5.75 Å². The van der Waals surface area contributed by atoms with Crippen molar-refractivity contribution < 1.29 is 14.2 Å². The van der Waals surface area contributed by atoms with Crippen LogP contribution in [0.4, 0.5) is 0 Å². The summed E-state index contributed by atoms with van der Waals surface area (Å²) in [5.74, 6) is 2.56. The van der Waals surface area contributed by atoms with Gasteiger partial charge in [-0.3, -0.25) is 0 Å². The van der Waals surface area contributed by atoms with E-state index in [4.69, 9.17) is 14.2 Å². The maximum Gasteiger partial charge on any atom is 0.161 e. The van der Waals surface area contributed by atoms with Gasteiger partial charge in [0.15, 0.2) is 11.5 Å². The lowest BCUT2D eigenvalue weighted by Gasteiger charge is -2.28. The van der Waals surface area contributed by atoms with Crippen LogP contribution >= 0.6 is 0 Å². The number of ether oxygens (including phenoxy) is 3. The number of rotatable bonds is 6. The van der Waals surface area contributed by atoms with Gasteiger partial charge in [-0.2, -0.15) is 0 Å². The molecule has 1 unspecified atom stereocenters. The smallest absolute Gasteiger partial charge is 0.161 e. The van der Waals surface area contributed by atoms with E-state index < -0.39 is 0 Å². The Morgan fingerprint density at radius 3 is 2.42 bits per heavy atom. The van der Waals surface area contributed by atoms with Crippen LogP contribution in [0, 0.1) is 0 Å². The molecule has 1 N–H and O–H groups in total. The Hall–Kier alpha value is -2.20. The minimum absolute atomic E-state index is 0.318. The molecular weight excluding hydrogens is 302 g/mol. The van der Waals surface area contributed by atoms with E-state index in [-0.39, 0.29) is 0 Å². The van der Waals surface area contributed by atoms with Crippen LogP contribution < -0.4 is 19.5 Å². The van der Waals surface area contributed by atoms with Crippen molar-refractivity contribution in [2.45, 2.75) is 25.3 Å². The van der Waals surface area contributed by atoms with Crippen molar-refractivity contribution in [3.8, 4) is 17.2 Å². The second-order valence-corrected chi connectivity index (χ2v) is 6.01. The van der Waals surface area contributed by atoms with Crippen molar-refractivity contribution in [3.05, 3.63) is 53.1 Å². The van der Waals surface area contributed by atoms with Crippen LogP contribution in [0.1, 0.15) is 29.2 Å². The molecule has 1 aliphatic rings. The highest BCUT2D eigenvalue weighted by Gasteiger charge is 2.22. The van der Waals surface area contributed by atoms with Crippen molar-refractivity contribution in [2.75, 3.05) is 27.9 Å². The average Bonchev–Trinajstić information content (AvgIpc) is 2.65. The molecule has 1 heterocycles. The number of benzene rings is 2. The van der Waals surface area contributed by atoms with Crippen LogP contribution in [-0.4, -0.2) is 27.9 Å². The summed E-state index contributed by atoms with van der Waals surface area (Å²) in [5, 5.41) is 3.63. The minimum Gasteiger partial charge on any atom is -0.496 e. The average molecular weight is 327 g/mol. The van der Waals surface area contributed by atoms with Gasteiger partial charge in [-0.15, -0.1) is 0 Å². The maximum atomic E-state index is 5.48. The Kier molecular flexibility index (Phi) is 5.26. The summed E-state index contributed by atoms with van der Waals surface area (Å²) >= 11 is 0. The molecule has 0 aromatic heterocycles. The van der Waals surface area contributed by atoms with Crippen molar-refractivity contribution in [2.24, 2.45) is 0 Å². The first-order valence-corrected chi connectivity index (χ1v) is 8.37. The van der Waals surface area contributed by atoms with E-state index in [1.807, 2.05) is 12.1 Å². The molecule has 4 nitrogen and oxygen atoms in total. The molecular formula is C20H25NO3. The van der Waals surface area contributed by atoms with Gasteiger partial charge in [-0.1, -0.05) is 18.2 Å². The highest BCUT2D eigenvalue weighted by molar-refractivity contribution is 5.49. The summed E-state index contributed by atoms with van der Waals surface area (Å²) in [6.45, 7) is 0.985. The standard InChI is InChI=1S/C20H25NO3/c1-22-18-7-5-4-6-14(18)8-9-17-16-13-20(24-3)19(23-2)12-15(16)10-11-21-17/h4-7,12-13,17,21H,8-11H2,1-3H3. The number of methoxy groups -OCH3 is 3. The van der Waals surface area contributed by atoms with Gasteiger partial charge >= 0.3 is 0 Å². The lowest BCUT2D eigenvalue weighted by Crippen LogP contribution is -2.30. The highest BCUT2D eigenvalue weighted by Crippen LogP contribution is 2.36. The second kappa shape index (κ2) is 7.58. The fourth-order valence-electron chi connectivity index (χ4n) is 3.44. The lowest BCUT2D eigenvalue weighted by atomic mass is 9.90. The molecule has 3 rings (SSSR count). The Bertz CT molecular complexity index is 699. The fraction of sp³-hybridized carbons (Fsp3) is 0.400. The molecule has 2 aromatic carbocycles. The molecule has 0 bridgehead atoms. The van der Waals surface area contributed by atoms with Crippen molar-refractivity contribution in [1.82, 2.24) is 5.32 Å². The predicted octanol–water partition coefficient (Wildman–Crippen LogP) is 3.53. The van der Waals surface area contributed by atoms with Crippen LogP contribution in [0.3, 0.4) is 0 Å². The van der Waals surface area contributed by atoms with Gasteiger partial charge in [0.2, 0.25) is 0 Å². The normalized spacial score (nSPS) is 16.4. The molecule has 4 heteroatoms. The number of hydrogen-bond donors (Lipinski definition) is 1. The van der Waals surface area contributed by atoms with E-state index in [2.05, 4.69) is 29.6 Å². The fourth-order valence-corrected chi connectivity index (χ4v) is 3.44. The third kappa shape index (κ3) is 3.34. The second-order valence-electron chi connectivity index (χ2n) is 6.01. The third-order valence-corrected chi connectivity index (χ3v) is 4.70. The molecule has 0 aliphatic carbocycles. The first-order chi connectivity index (χ1) is 11.8. The molecule has 0 amide bonds. The van der Waals surface area contributed by atoms with Crippen molar-refractivity contribution >= 4 is 0 Å². The largest absolute Gasteiger partial charge is 0.496 e. The molecule has 1 aliphatic heterocycles. The Morgan fingerprint density at radius 2 is 1.67 bits per heavy atom. The van der Waals surface area contributed by atoms with Crippen LogP contribution in [0.25, 0.3) is 0 Å². The van der Waals surface area contributed by atoms with Gasteiger partial charge in [0.05, 0.1) is 21.3 Å². The zero-order chi connectivity index (χ0) is 16.9. The van der Waals surface area contributed by atoms with Crippen molar-refractivity contribution in [3.63, 3.8) is 0 Å². The quantitative estimate of drug-likeness (QED) is 0.881. The number of fused-ring (bicyclic) bond motifs is 1. The molecule has 2 aromatic rings. The summed E-state index contributed by atoms with van der Waals surface area (Å²) in [7, 11) is 5.10. The summed E-state index contributed by atoms with van der Waals surface area (Å²) < 4.78 is 16.4. The molecule has 0 saturated heterocycles. The number of hydrogen-bond acceptors (Lipinski definition) is 4. The summed E-state index contributed by atoms with van der Waals surface area (Å²) in [5.41, 5.74) is 3.90. The van der Waals surface area contributed by atoms with Crippen LogP contribution in [0.5, 0.6) is 17.2 Å². The summed E-state index contributed by atoms with van der Waals surface area (Å²) in [6, 6.07) is 12.8. The zero-order valence-electron chi connectivity index (χ0n) is 14.6. The summed E-state index contributed by atoms with van der Waals surface area (Å²) in [6.07, 6.45) is 3.00. The van der Waals surface area contributed by atoms with E-state index >= 15 is 0 Å². The molecule has 24 heavy (non-hydrogen) atoms. The molecule has 0 radical (unpaired) electrons. The monoisotopic (exact) mass is 327 g/mol.